The summed E-state index contributed by atoms with van der Waals surface area (Å²) in [6.45, 7) is 3.03. The maximum Gasteiger partial charge on any atom is 0.309 e. The van der Waals surface area contributed by atoms with Crippen LogP contribution in [0.25, 0.3) is 0 Å². The standard InChI is InChI=1S/C21H22N2O5/c1-15-4-2-3-5-19(15)20(24)22-12-10-17(11-13-22)21(25)28-14-16-6-8-18(9-7-16)23(26)27/h2-9,17H,10-14H2,1H3. The minimum atomic E-state index is -0.470. The van der Waals surface area contributed by atoms with E-state index in [1.807, 2.05) is 31.2 Å². The molecule has 1 aliphatic rings. The largest absolute Gasteiger partial charge is 0.461 e. The molecule has 0 unspecified atom stereocenters. The van der Waals surface area contributed by atoms with Crippen molar-refractivity contribution in [1.82, 2.24) is 4.90 Å². The predicted molar refractivity (Wildman–Crippen MR) is 103 cm³/mol. The first-order valence-corrected chi connectivity index (χ1v) is 9.20. The number of likely N-dealkylation sites (tertiary alicyclic amines) is 1. The molecule has 1 saturated heterocycles. The summed E-state index contributed by atoms with van der Waals surface area (Å²) < 4.78 is 5.36. The van der Waals surface area contributed by atoms with Crippen LogP contribution in [0.4, 0.5) is 5.69 Å². The molecular formula is C21H22N2O5. The molecule has 0 saturated carbocycles. The zero-order valence-electron chi connectivity index (χ0n) is 15.7. The molecule has 1 amide bonds. The highest BCUT2D eigenvalue weighted by Crippen LogP contribution is 2.22. The van der Waals surface area contributed by atoms with Gasteiger partial charge in [0.2, 0.25) is 0 Å². The van der Waals surface area contributed by atoms with Gasteiger partial charge in [-0.2, -0.15) is 0 Å². The van der Waals surface area contributed by atoms with Crippen LogP contribution in [0, 0.1) is 23.0 Å². The number of nitro groups is 1. The van der Waals surface area contributed by atoms with Crippen molar-refractivity contribution >= 4 is 17.6 Å². The maximum absolute atomic E-state index is 12.6. The highest BCUT2D eigenvalue weighted by Gasteiger charge is 2.29. The van der Waals surface area contributed by atoms with Crippen LogP contribution in [0.15, 0.2) is 48.5 Å². The summed E-state index contributed by atoms with van der Waals surface area (Å²) in [5.41, 5.74) is 2.34. The van der Waals surface area contributed by atoms with E-state index in [9.17, 15) is 19.7 Å². The third-order valence-electron chi connectivity index (χ3n) is 5.02. The van der Waals surface area contributed by atoms with Crippen LogP contribution in [0.1, 0.15) is 34.3 Å². The Balaban J connectivity index is 1.49. The Labute approximate surface area is 163 Å². The number of carbonyl (C=O) groups excluding carboxylic acids is 2. The molecule has 2 aromatic rings. The van der Waals surface area contributed by atoms with Gasteiger partial charge in [0, 0.05) is 30.8 Å². The lowest BCUT2D eigenvalue weighted by Gasteiger charge is -2.31. The van der Waals surface area contributed by atoms with Gasteiger partial charge < -0.3 is 9.64 Å². The number of benzene rings is 2. The summed E-state index contributed by atoms with van der Waals surface area (Å²) in [7, 11) is 0. The minimum absolute atomic E-state index is 0.000711. The second kappa shape index (κ2) is 8.65. The zero-order valence-corrected chi connectivity index (χ0v) is 15.7. The average Bonchev–Trinajstić information content (AvgIpc) is 2.72. The SMILES string of the molecule is Cc1ccccc1C(=O)N1CCC(C(=O)OCc2ccc([N+](=O)[O-])cc2)CC1. The minimum Gasteiger partial charge on any atom is -0.461 e. The first-order valence-electron chi connectivity index (χ1n) is 9.20. The summed E-state index contributed by atoms with van der Waals surface area (Å²) in [4.78, 5) is 36.9. The molecule has 0 radical (unpaired) electrons. The van der Waals surface area contributed by atoms with Crippen molar-refractivity contribution in [3.8, 4) is 0 Å². The van der Waals surface area contributed by atoms with E-state index < -0.39 is 4.92 Å². The van der Waals surface area contributed by atoms with Crippen LogP contribution < -0.4 is 0 Å². The number of aryl methyl sites for hydroxylation is 1. The molecule has 0 aliphatic carbocycles. The van der Waals surface area contributed by atoms with Crippen LogP contribution in [0.5, 0.6) is 0 Å². The second-order valence-electron chi connectivity index (χ2n) is 6.91. The Bertz CT molecular complexity index is 871. The first-order chi connectivity index (χ1) is 13.5. The van der Waals surface area contributed by atoms with Crippen LogP contribution in [0.3, 0.4) is 0 Å². The molecule has 1 aliphatic heterocycles. The fourth-order valence-electron chi connectivity index (χ4n) is 3.29. The lowest BCUT2D eigenvalue weighted by Crippen LogP contribution is -2.40. The number of hydrogen-bond donors (Lipinski definition) is 0. The van der Waals surface area contributed by atoms with Crippen molar-refractivity contribution in [2.24, 2.45) is 5.92 Å². The first kappa shape index (κ1) is 19.5. The summed E-state index contributed by atoms with van der Waals surface area (Å²) in [6.07, 6.45) is 1.13. The average molecular weight is 382 g/mol. The number of piperidine rings is 1. The summed E-state index contributed by atoms with van der Waals surface area (Å²) in [6, 6.07) is 13.4. The van der Waals surface area contributed by atoms with Crippen molar-refractivity contribution in [3.05, 3.63) is 75.3 Å². The lowest BCUT2D eigenvalue weighted by atomic mass is 9.96. The molecule has 1 heterocycles. The van der Waals surface area contributed by atoms with Crippen molar-refractivity contribution in [2.45, 2.75) is 26.4 Å². The van der Waals surface area contributed by atoms with Gasteiger partial charge in [-0.25, -0.2) is 0 Å². The number of esters is 1. The van der Waals surface area contributed by atoms with Crippen LogP contribution in [-0.2, 0) is 16.1 Å². The fraction of sp³-hybridized carbons (Fsp3) is 0.333. The lowest BCUT2D eigenvalue weighted by molar-refractivity contribution is -0.384. The molecule has 2 aromatic carbocycles. The van der Waals surface area contributed by atoms with E-state index in [4.69, 9.17) is 4.74 Å². The van der Waals surface area contributed by atoms with Gasteiger partial charge in [0.05, 0.1) is 10.8 Å². The molecule has 146 valence electrons. The molecule has 3 rings (SSSR count). The van der Waals surface area contributed by atoms with E-state index in [-0.39, 0.29) is 30.1 Å². The number of rotatable bonds is 5. The van der Waals surface area contributed by atoms with Crippen molar-refractivity contribution in [1.29, 1.82) is 0 Å². The van der Waals surface area contributed by atoms with Gasteiger partial charge in [-0.05, 0) is 49.1 Å². The van der Waals surface area contributed by atoms with E-state index >= 15 is 0 Å². The molecule has 1 fully saturated rings. The second-order valence-corrected chi connectivity index (χ2v) is 6.91. The van der Waals surface area contributed by atoms with E-state index in [1.165, 1.54) is 12.1 Å². The molecule has 7 nitrogen and oxygen atoms in total. The topological polar surface area (TPSA) is 89.8 Å². The molecule has 0 spiro atoms. The monoisotopic (exact) mass is 382 g/mol. The molecule has 0 aromatic heterocycles. The van der Waals surface area contributed by atoms with Crippen molar-refractivity contribution in [3.63, 3.8) is 0 Å². The number of amides is 1. The Kier molecular flexibility index (Phi) is 6.03. The van der Waals surface area contributed by atoms with Gasteiger partial charge in [0.15, 0.2) is 0 Å². The van der Waals surface area contributed by atoms with Gasteiger partial charge in [-0.15, -0.1) is 0 Å². The normalized spacial score (nSPS) is 14.5. The smallest absolute Gasteiger partial charge is 0.309 e. The van der Waals surface area contributed by atoms with E-state index in [0.29, 0.717) is 37.1 Å². The van der Waals surface area contributed by atoms with Crippen LogP contribution in [0.2, 0.25) is 0 Å². The van der Waals surface area contributed by atoms with Crippen molar-refractivity contribution < 1.29 is 19.2 Å². The third kappa shape index (κ3) is 4.54. The highest BCUT2D eigenvalue weighted by molar-refractivity contribution is 5.95. The molecule has 28 heavy (non-hydrogen) atoms. The molecular weight excluding hydrogens is 360 g/mol. The number of non-ortho nitro benzene ring substituents is 1. The number of nitro benzene ring substituents is 1. The predicted octanol–water partition coefficient (Wildman–Crippen LogP) is 3.50. The third-order valence-corrected chi connectivity index (χ3v) is 5.02. The van der Waals surface area contributed by atoms with Gasteiger partial charge in [0.1, 0.15) is 6.61 Å². The van der Waals surface area contributed by atoms with E-state index in [0.717, 1.165) is 5.56 Å². The maximum atomic E-state index is 12.6. The Hall–Kier alpha value is -3.22. The van der Waals surface area contributed by atoms with Gasteiger partial charge in [0.25, 0.3) is 11.6 Å². The van der Waals surface area contributed by atoms with Crippen molar-refractivity contribution in [2.75, 3.05) is 13.1 Å². The number of carbonyl (C=O) groups is 2. The van der Waals surface area contributed by atoms with E-state index in [2.05, 4.69) is 0 Å². The molecule has 0 bridgehead atoms. The summed E-state index contributed by atoms with van der Waals surface area (Å²) in [5.74, 6) is -0.531. The Morgan fingerprint density at radius 1 is 1.11 bits per heavy atom. The quantitative estimate of drug-likeness (QED) is 0.448. The zero-order chi connectivity index (χ0) is 20.1. The summed E-state index contributed by atoms with van der Waals surface area (Å²) in [5, 5.41) is 10.7. The Morgan fingerprint density at radius 3 is 2.36 bits per heavy atom. The molecule has 0 N–H and O–H groups in total. The highest BCUT2D eigenvalue weighted by atomic mass is 16.6. The van der Waals surface area contributed by atoms with Crippen LogP contribution >= 0.6 is 0 Å². The summed E-state index contributed by atoms with van der Waals surface area (Å²) >= 11 is 0. The molecule has 0 atom stereocenters. The Morgan fingerprint density at radius 2 is 1.75 bits per heavy atom. The number of hydrogen-bond acceptors (Lipinski definition) is 5. The molecule has 7 heteroatoms. The fourth-order valence-corrected chi connectivity index (χ4v) is 3.29. The van der Waals surface area contributed by atoms with Gasteiger partial charge in [-0.3, -0.25) is 19.7 Å². The van der Waals surface area contributed by atoms with Crippen LogP contribution in [-0.4, -0.2) is 34.8 Å². The van der Waals surface area contributed by atoms with E-state index in [1.54, 1.807) is 17.0 Å². The number of nitrogens with zero attached hydrogens (tertiary/aromatic N) is 2. The van der Waals surface area contributed by atoms with Gasteiger partial charge in [-0.1, -0.05) is 18.2 Å². The number of ether oxygens (including phenoxy) is 1. The van der Waals surface area contributed by atoms with Gasteiger partial charge >= 0.3 is 5.97 Å².